The summed E-state index contributed by atoms with van der Waals surface area (Å²) in [7, 11) is 0. The fraction of sp³-hybridized carbons (Fsp3) is 0.333. The van der Waals surface area contributed by atoms with Gasteiger partial charge in [0.15, 0.2) is 0 Å². The van der Waals surface area contributed by atoms with Crippen LogP contribution in [-0.4, -0.2) is 22.3 Å². The van der Waals surface area contributed by atoms with E-state index >= 15 is 0 Å². The molecule has 6 nitrogen and oxygen atoms in total. The first-order valence-corrected chi connectivity index (χ1v) is 10.1. The van der Waals surface area contributed by atoms with Crippen molar-refractivity contribution in [2.75, 3.05) is 0 Å². The predicted octanol–water partition coefficient (Wildman–Crippen LogP) is 5.48. The Bertz CT molecular complexity index is 1050. The number of aromatic nitrogens is 1. The fourth-order valence-electron chi connectivity index (χ4n) is 3.35. The topological polar surface area (TPSA) is 81.8 Å². The summed E-state index contributed by atoms with van der Waals surface area (Å²) in [6.45, 7) is 7.85. The first kappa shape index (κ1) is 22.3. The Hall–Kier alpha value is -3.35. The predicted molar refractivity (Wildman–Crippen MR) is 114 cm³/mol. The van der Waals surface area contributed by atoms with Gasteiger partial charge < -0.3 is 19.1 Å². The van der Waals surface area contributed by atoms with Crippen LogP contribution in [0.1, 0.15) is 42.8 Å². The summed E-state index contributed by atoms with van der Waals surface area (Å²) >= 11 is 0. The second-order valence-electron chi connectivity index (χ2n) is 7.67. The highest BCUT2D eigenvalue weighted by Crippen LogP contribution is 2.32. The third kappa shape index (κ3) is 5.84. The zero-order valence-electron chi connectivity index (χ0n) is 18.1. The molecule has 3 rings (SSSR count). The SMILES string of the molecule is Cc1noc(C)c1-c1cc(COc2ccc(CCC(=O)O)c(F)c2)cc(OC(C)C)c1. The number of hydrogen-bond acceptors (Lipinski definition) is 5. The summed E-state index contributed by atoms with van der Waals surface area (Å²) in [6, 6.07) is 10.3. The van der Waals surface area contributed by atoms with Crippen molar-refractivity contribution in [2.24, 2.45) is 0 Å². The molecule has 0 saturated carbocycles. The minimum absolute atomic E-state index is 0.00105. The lowest BCUT2D eigenvalue weighted by Crippen LogP contribution is -2.06. The Morgan fingerprint density at radius 1 is 1.16 bits per heavy atom. The molecule has 7 heteroatoms. The van der Waals surface area contributed by atoms with Crippen LogP contribution in [0.25, 0.3) is 11.1 Å². The summed E-state index contributed by atoms with van der Waals surface area (Å²) in [5.74, 6) is 0.335. The number of aliphatic carboxylic acids is 1. The molecule has 2 aromatic carbocycles. The molecule has 0 aliphatic heterocycles. The molecule has 1 N–H and O–H groups in total. The van der Waals surface area contributed by atoms with Gasteiger partial charge in [0, 0.05) is 18.1 Å². The Labute approximate surface area is 180 Å². The number of aryl methyl sites for hydroxylation is 3. The monoisotopic (exact) mass is 427 g/mol. The van der Waals surface area contributed by atoms with E-state index in [0.29, 0.717) is 22.8 Å². The molecule has 164 valence electrons. The van der Waals surface area contributed by atoms with Crippen molar-refractivity contribution >= 4 is 5.97 Å². The lowest BCUT2D eigenvalue weighted by atomic mass is 10.0. The van der Waals surface area contributed by atoms with Crippen LogP contribution in [0, 0.1) is 19.7 Å². The van der Waals surface area contributed by atoms with Crippen molar-refractivity contribution in [1.29, 1.82) is 0 Å². The maximum absolute atomic E-state index is 14.3. The van der Waals surface area contributed by atoms with E-state index in [9.17, 15) is 9.18 Å². The van der Waals surface area contributed by atoms with Gasteiger partial charge in [-0.15, -0.1) is 0 Å². The number of nitrogens with zero attached hydrogens (tertiary/aromatic N) is 1. The van der Waals surface area contributed by atoms with Gasteiger partial charge in [0.25, 0.3) is 0 Å². The number of carboxylic acid groups (broad SMARTS) is 1. The number of rotatable bonds is 9. The van der Waals surface area contributed by atoms with Gasteiger partial charge in [0.1, 0.15) is 29.7 Å². The lowest BCUT2D eigenvalue weighted by molar-refractivity contribution is -0.136. The minimum atomic E-state index is -0.961. The van der Waals surface area contributed by atoms with Crippen molar-refractivity contribution in [3.8, 4) is 22.6 Å². The largest absolute Gasteiger partial charge is 0.491 e. The second-order valence-corrected chi connectivity index (χ2v) is 7.67. The fourth-order valence-corrected chi connectivity index (χ4v) is 3.35. The Balaban J connectivity index is 1.81. The molecule has 0 spiro atoms. The van der Waals surface area contributed by atoms with Crippen LogP contribution in [0.3, 0.4) is 0 Å². The first-order chi connectivity index (χ1) is 14.7. The molecule has 0 aliphatic carbocycles. The molecule has 3 aromatic rings. The van der Waals surface area contributed by atoms with Crippen LogP contribution in [-0.2, 0) is 17.8 Å². The third-order valence-electron chi connectivity index (χ3n) is 4.70. The normalized spacial score (nSPS) is 11.0. The highest BCUT2D eigenvalue weighted by atomic mass is 19.1. The molecule has 0 radical (unpaired) electrons. The van der Waals surface area contributed by atoms with Crippen molar-refractivity contribution in [3.05, 3.63) is 64.8 Å². The Morgan fingerprint density at radius 2 is 1.94 bits per heavy atom. The van der Waals surface area contributed by atoms with E-state index in [1.807, 2.05) is 45.9 Å². The van der Waals surface area contributed by atoms with Gasteiger partial charge in [0.2, 0.25) is 0 Å². The summed E-state index contributed by atoms with van der Waals surface area (Å²) in [5, 5.41) is 12.8. The summed E-state index contributed by atoms with van der Waals surface area (Å²) in [4.78, 5) is 10.7. The zero-order chi connectivity index (χ0) is 22.5. The molecule has 0 fully saturated rings. The summed E-state index contributed by atoms with van der Waals surface area (Å²) in [5.41, 5.74) is 3.80. The molecule has 31 heavy (non-hydrogen) atoms. The molecule has 1 heterocycles. The van der Waals surface area contributed by atoms with Crippen LogP contribution in [0.5, 0.6) is 11.5 Å². The number of carboxylic acids is 1. The van der Waals surface area contributed by atoms with Gasteiger partial charge in [0.05, 0.1) is 11.8 Å². The summed E-state index contributed by atoms with van der Waals surface area (Å²) < 4.78 is 31.2. The molecule has 0 amide bonds. The van der Waals surface area contributed by atoms with E-state index < -0.39 is 11.8 Å². The molecule has 0 bridgehead atoms. The van der Waals surface area contributed by atoms with Gasteiger partial charge in [-0.05, 0) is 75.1 Å². The zero-order valence-corrected chi connectivity index (χ0v) is 18.1. The van der Waals surface area contributed by atoms with Crippen molar-refractivity contribution in [1.82, 2.24) is 5.16 Å². The van der Waals surface area contributed by atoms with E-state index in [0.717, 1.165) is 22.4 Å². The number of halogens is 1. The number of ether oxygens (including phenoxy) is 2. The molecule has 0 atom stereocenters. The van der Waals surface area contributed by atoms with E-state index in [4.69, 9.17) is 19.1 Å². The van der Waals surface area contributed by atoms with E-state index in [-0.39, 0.29) is 25.6 Å². The quantitative estimate of drug-likeness (QED) is 0.487. The average Bonchev–Trinajstić information content (AvgIpc) is 3.03. The van der Waals surface area contributed by atoms with Crippen LogP contribution in [0.4, 0.5) is 4.39 Å². The number of benzene rings is 2. The van der Waals surface area contributed by atoms with Crippen molar-refractivity contribution < 1.29 is 28.3 Å². The van der Waals surface area contributed by atoms with E-state index in [1.165, 1.54) is 6.07 Å². The second kappa shape index (κ2) is 9.64. The van der Waals surface area contributed by atoms with E-state index in [1.54, 1.807) is 12.1 Å². The summed E-state index contributed by atoms with van der Waals surface area (Å²) in [6.07, 6.45) is 0.0160. The standard InChI is InChI=1S/C24H26FNO5/c1-14(2)30-21-10-17(9-19(11-21)24-15(3)26-31-16(24)4)13-29-20-7-5-18(22(25)12-20)6-8-23(27)28/h5,7,9-12,14H,6,8,13H2,1-4H3,(H,27,28). The van der Waals surface area contributed by atoms with Gasteiger partial charge in [-0.25, -0.2) is 4.39 Å². The van der Waals surface area contributed by atoms with Gasteiger partial charge in [-0.3, -0.25) is 4.79 Å². The maximum atomic E-state index is 14.3. The molecule has 0 aliphatic rings. The van der Waals surface area contributed by atoms with E-state index in [2.05, 4.69) is 5.16 Å². The van der Waals surface area contributed by atoms with Crippen LogP contribution in [0.2, 0.25) is 0 Å². The molecule has 1 aromatic heterocycles. The highest BCUT2D eigenvalue weighted by Gasteiger charge is 2.15. The van der Waals surface area contributed by atoms with Crippen LogP contribution in [0.15, 0.2) is 40.9 Å². The Kier molecular flexibility index (Phi) is 6.95. The third-order valence-corrected chi connectivity index (χ3v) is 4.70. The van der Waals surface area contributed by atoms with Gasteiger partial charge >= 0.3 is 5.97 Å². The lowest BCUT2D eigenvalue weighted by Gasteiger charge is -2.14. The minimum Gasteiger partial charge on any atom is -0.491 e. The van der Waals surface area contributed by atoms with Crippen molar-refractivity contribution in [2.45, 2.75) is 53.2 Å². The average molecular weight is 427 g/mol. The first-order valence-electron chi connectivity index (χ1n) is 10.1. The van der Waals surface area contributed by atoms with Gasteiger partial charge in [-0.2, -0.15) is 0 Å². The molecule has 0 unspecified atom stereocenters. The molecular formula is C24H26FNO5. The molecule has 0 saturated heterocycles. The maximum Gasteiger partial charge on any atom is 0.303 e. The smallest absolute Gasteiger partial charge is 0.303 e. The van der Waals surface area contributed by atoms with Crippen molar-refractivity contribution in [3.63, 3.8) is 0 Å². The number of carbonyl (C=O) groups is 1. The highest BCUT2D eigenvalue weighted by molar-refractivity contribution is 5.70. The number of hydrogen-bond donors (Lipinski definition) is 1. The van der Waals surface area contributed by atoms with Gasteiger partial charge in [-0.1, -0.05) is 11.2 Å². The van der Waals surface area contributed by atoms with Crippen LogP contribution < -0.4 is 9.47 Å². The molecular weight excluding hydrogens is 401 g/mol. The van der Waals surface area contributed by atoms with Crippen LogP contribution >= 0.6 is 0 Å². The Morgan fingerprint density at radius 3 is 2.55 bits per heavy atom.